The molecule has 0 atom stereocenters. The zero-order chi connectivity index (χ0) is 14.6. The monoisotopic (exact) mass is 362 g/mol. The molecule has 19 heavy (non-hydrogen) atoms. The number of rotatable bonds is 0. The molecule has 9 heteroatoms. The van der Waals surface area contributed by atoms with E-state index >= 15 is 0 Å². The van der Waals surface area contributed by atoms with Crippen molar-refractivity contribution >= 4 is 31.1 Å². The number of benzene rings is 1. The van der Waals surface area contributed by atoms with Gasteiger partial charge in [-0.25, -0.2) is 0 Å². The summed E-state index contributed by atoms with van der Waals surface area (Å²) in [6, 6.07) is 3.62. The van der Waals surface area contributed by atoms with Crippen LogP contribution in [0.15, 0.2) is 18.2 Å². The molecule has 0 bridgehead atoms. The van der Waals surface area contributed by atoms with E-state index in [1.165, 1.54) is 19.1 Å². The van der Waals surface area contributed by atoms with Crippen molar-refractivity contribution < 1.29 is 30.1 Å². The average molecular weight is 363 g/mol. The van der Waals surface area contributed by atoms with Gasteiger partial charge in [0.2, 0.25) is 0 Å². The lowest BCUT2D eigenvalue weighted by atomic mass is 9.91. The predicted molar refractivity (Wildman–Crippen MR) is 60.4 cm³/mol. The molecule has 0 fully saturated rings. The molecule has 1 aromatic rings. The van der Waals surface area contributed by atoms with Gasteiger partial charge in [0.15, 0.2) is 0 Å². The SMILES string of the molecule is Cc1cc[c]2c(c1)C(C(F)(F)F)(C(F)(F)F)[O][Al]2[Br]. The van der Waals surface area contributed by atoms with Gasteiger partial charge in [-0.2, -0.15) is 40.4 Å². The molecule has 0 unspecified atom stereocenters. The Labute approximate surface area is 115 Å². The number of hydrogen-bond donors (Lipinski definition) is 0. The van der Waals surface area contributed by atoms with Crippen LogP contribution >= 0.6 is 14.1 Å². The van der Waals surface area contributed by atoms with E-state index in [9.17, 15) is 26.3 Å². The summed E-state index contributed by atoms with van der Waals surface area (Å²) in [6.45, 7) is 1.43. The van der Waals surface area contributed by atoms with Crippen LogP contribution in [0.25, 0.3) is 0 Å². The molecule has 0 amide bonds. The minimum absolute atomic E-state index is 0.0275. The van der Waals surface area contributed by atoms with E-state index in [1.807, 2.05) is 0 Å². The van der Waals surface area contributed by atoms with E-state index in [-0.39, 0.29) is 4.43 Å². The van der Waals surface area contributed by atoms with Crippen LogP contribution in [0.4, 0.5) is 26.3 Å². The van der Waals surface area contributed by atoms with Crippen LogP contribution in [-0.2, 0) is 9.39 Å². The van der Waals surface area contributed by atoms with Crippen molar-refractivity contribution in [1.29, 1.82) is 0 Å². The minimum Gasteiger partial charge on any atom is -0.467 e. The van der Waals surface area contributed by atoms with Crippen molar-refractivity contribution in [2.24, 2.45) is 0 Å². The summed E-state index contributed by atoms with van der Waals surface area (Å²) < 4.78 is 82.7. The summed E-state index contributed by atoms with van der Waals surface area (Å²) in [5.74, 6) is 0. The molecular weight excluding hydrogens is 357 g/mol. The normalized spacial score (nSPS) is 18.6. The first-order valence-corrected chi connectivity index (χ1v) is 9.30. The Morgan fingerprint density at radius 3 is 2.11 bits per heavy atom. The molecule has 0 aromatic heterocycles. The number of halogens is 7. The predicted octanol–water partition coefficient (Wildman–Crippen LogP) is 3.44. The van der Waals surface area contributed by atoms with Crippen molar-refractivity contribution in [2.75, 3.05) is 0 Å². The number of alkyl halides is 6. The van der Waals surface area contributed by atoms with Gasteiger partial charge in [0.25, 0.3) is 5.60 Å². The maximum Gasteiger partial charge on any atom is 0.600 e. The zero-order valence-corrected chi connectivity index (χ0v) is 12.1. The fourth-order valence-electron chi connectivity index (χ4n) is 2.05. The van der Waals surface area contributed by atoms with Crippen LogP contribution in [-0.4, -0.2) is 25.0 Å². The molecule has 1 heterocycles. The third-order valence-corrected chi connectivity index (χ3v) is 6.50. The first kappa shape index (κ1) is 15.2. The van der Waals surface area contributed by atoms with Crippen LogP contribution in [0.3, 0.4) is 0 Å². The molecule has 1 nitrogen and oxygen atoms in total. The van der Waals surface area contributed by atoms with Gasteiger partial charge < -0.3 is 3.79 Å². The maximum atomic E-state index is 13.1. The third-order valence-electron chi connectivity index (χ3n) is 2.91. The van der Waals surface area contributed by atoms with Gasteiger partial charge in [-0.1, -0.05) is 28.2 Å². The van der Waals surface area contributed by atoms with E-state index in [2.05, 4.69) is 17.8 Å². The Morgan fingerprint density at radius 1 is 1.11 bits per heavy atom. The molecule has 0 radical (unpaired) electrons. The van der Waals surface area contributed by atoms with Crippen LogP contribution in [0.1, 0.15) is 11.1 Å². The molecule has 1 aliphatic heterocycles. The van der Waals surface area contributed by atoms with Gasteiger partial charge in [-0.05, 0) is 12.5 Å². The van der Waals surface area contributed by atoms with Gasteiger partial charge in [-0.3, -0.25) is 0 Å². The maximum absolute atomic E-state index is 13.1. The molecule has 0 saturated carbocycles. The molecule has 2 rings (SSSR count). The van der Waals surface area contributed by atoms with E-state index in [0.717, 1.165) is 6.07 Å². The third kappa shape index (κ3) is 2.11. The highest BCUT2D eigenvalue weighted by Crippen LogP contribution is 2.55. The molecule has 0 saturated heterocycles. The highest BCUT2D eigenvalue weighted by molar-refractivity contribution is 9.24. The van der Waals surface area contributed by atoms with Crippen LogP contribution in [0.2, 0.25) is 0 Å². The molecule has 1 aliphatic rings. The first-order chi connectivity index (χ1) is 8.50. The fourth-order valence-corrected chi connectivity index (χ4v) is 5.70. The van der Waals surface area contributed by atoms with E-state index < -0.39 is 36.2 Å². The zero-order valence-electron chi connectivity index (χ0n) is 9.36. The van der Waals surface area contributed by atoms with Crippen molar-refractivity contribution in [3.8, 4) is 0 Å². The largest absolute Gasteiger partial charge is 0.600 e. The number of hydrogen-bond acceptors (Lipinski definition) is 1. The highest BCUT2D eigenvalue weighted by atomic mass is 79.9. The fraction of sp³-hybridized carbons (Fsp3) is 0.400. The second kappa shape index (κ2) is 4.38. The summed E-state index contributed by atoms with van der Waals surface area (Å²) in [6.07, 6.45) is -11.1. The standard InChI is InChI=1S/C10H6F6O.Al.BrH/c1-6-3-2-4-7(5-6)8(17,9(11,12)13)10(14,15)16;;/h2-3,5H,1H3;;1H/q-1;+2;/p-1. The second-order valence-electron chi connectivity index (χ2n) is 4.20. The molecule has 1 aromatic carbocycles. The second-order valence-corrected chi connectivity index (χ2v) is 8.19. The number of aryl methyl sites for hydroxylation is 1. The molecule has 0 aliphatic carbocycles. The Kier molecular flexibility index (Phi) is 3.50. The van der Waals surface area contributed by atoms with Crippen molar-refractivity contribution in [3.05, 3.63) is 29.3 Å². The van der Waals surface area contributed by atoms with Crippen LogP contribution in [0, 0.1) is 6.92 Å². The van der Waals surface area contributed by atoms with Crippen LogP contribution in [0.5, 0.6) is 0 Å². The quantitative estimate of drug-likeness (QED) is 0.507. The lowest BCUT2D eigenvalue weighted by molar-refractivity contribution is -0.363. The minimum atomic E-state index is -5.57. The van der Waals surface area contributed by atoms with Gasteiger partial charge in [-0.15, -0.1) is 0 Å². The topological polar surface area (TPSA) is 9.23 Å². The lowest BCUT2D eigenvalue weighted by Crippen LogP contribution is -2.54. The summed E-state index contributed by atoms with van der Waals surface area (Å²) in [5, 5.41) is 0. The smallest absolute Gasteiger partial charge is 0.467 e. The Balaban J connectivity index is 2.78. The Morgan fingerprint density at radius 2 is 1.63 bits per heavy atom. The molecule has 0 spiro atoms. The first-order valence-electron chi connectivity index (χ1n) is 5.07. The Hall–Kier alpha value is -0.228. The summed E-state index contributed by atoms with van der Waals surface area (Å²) in [5.41, 5.74) is -4.75. The summed E-state index contributed by atoms with van der Waals surface area (Å²) in [7, 11) is 0. The lowest BCUT2D eigenvalue weighted by Gasteiger charge is -2.35. The van der Waals surface area contributed by atoms with Gasteiger partial charge >= 0.3 is 25.0 Å². The molecule has 0 N–H and O–H groups in total. The van der Waals surface area contributed by atoms with Crippen molar-refractivity contribution in [2.45, 2.75) is 24.9 Å². The summed E-state index contributed by atoms with van der Waals surface area (Å²) in [4.78, 5) is 0. The van der Waals surface area contributed by atoms with Gasteiger partial charge in [0.1, 0.15) is 0 Å². The van der Waals surface area contributed by atoms with E-state index in [4.69, 9.17) is 0 Å². The van der Waals surface area contributed by atoms with E-state index in [1.54, 1.807) is 0 Å². The summed E-state index contributed by atoms with van der Waals surface area (Å²) >= 11 is -0.0809. The molecule has 104 valence electrons. The van der Waals surface area contributed by atoms with Crippen LogP contribution < -0.4 is 4.43 Å². The van der Waals surface area contributed by atoms with Gasteiger partial charge in [0.05, 0.1) is 0 Å². The molecular formula is C10H6AlBrF6O. The number of fused-ring (bicyclic) bond motifs is 1. The highest BCUT2D eigenvalue weighted by Gasteiger charge is 2.76. The van der Waals surface area contributed by atoms with Crippen molar-refractivity contribution in [3.63, 3.8) is 0 Å². The average Bonchev–Trinajstić information content (AvgIpc) is 2.51. The Bertz CT molecular complexity index is 498. The van der Waals surface area contributed by atoms with Crippen molar-refractivity contribution in [1.82, 2.24) is 0 Å². The van der Waals surface area contributed by atoms with Gasteiger partial charge in [0, 0.05) is 0 Å². The van der Waals surface area contributed by atoms with E-state index in [0.29, 0.717) is 5.56 Å².